The van der Waals surface area contributed by atoms with Crippen molar-refractivity contribution in [3.8, 4) is 0 Å². The highest BCUT2D eigenvalue weighted by Crippen LogP contribution is 2.13. The summed E-state index contributed by atoms with van der Waals surface area (Å²) in [6.45, 7) is 2.17. The van der Waals surface area contributed by atoms with Gasteiger partial charge >= 0.3 is 12.0 Å². The number of amides is 2. The van der Waals surface area contributed by atoms with Gasteiger partial charge in [0, 0.05) is 32.2 Å². The van der Waals surface area contributed by atoms with Crippen molar-refractivity contribution in [2.75, 3.05) is 20.6 Å². The minimum absolute atomic E-state index is 0.175. The number of nitrogens with zero attached hydrogens (tertiary/aromatic N) is 2. The summed E-state index contributed by atoms with van der Waals surface area (Å²) in [5.41, 5.74) is 0.924. The molecule has 0 heterocycles. The van der Waals surface area contributed by atoms with Gasteiger partial charge in [0.1, 0.15) is 0 Å². The normalized spacial score (nSPS) is 11.8. The van der Waals surface area contributed by atoms with E-state index >= 15 is 0 Å². The van der Waals surface area contributed by atoms with Gasteiger partial charge in [-0.3, -0.25) is 4.79 Å². The first-order valence-electron chi connectivity index (χ1n) is 6.24. The Kier molecular flexibility index (Phi) is 5.82. The first kappa shape index (κ1) is 16.3. The van der Waals surface area contributed by atoms with E-state index in [4.69, 9.17) is 16.7 Å². The molecule has 1 atom stereocenters. The Labute approximate surface area is 123 Å². The number of benzene rings is 1. The van der Waals surface area contributed by atoms with Gasteiger partial charge in [0.2, 0.25) is 0 Å². The van der Waals surface area contributed by atoms with Gasteiger partial charge in [-0.1, -0.05) is 30.7 Å². The van der Waals surface area contributed by atoms with E-state index in [1.54, 1.807) is 33.2 Å². The second kappa shape index (κ2) is 7.14. The number of urea groups is 1. The molecular formula is C14H19ClN2O3. The number of rotatable bonds is 5. The van der Waals surface area contributed by atoms with E-state index in [0.29, 0.717) is 11.6 Å². The van der Waals surface area contributed by atoms with E-state index in [9.17, 15) is 9.59 Å². The summed E-state index contributed by atoms with van der Waals surface area (Å²) >= 11 is 5.89. The summed E-state index contributed by atoms with van der Waals surface area (Å²) in [5.74, 6) is -1.51. The number of hydrogen-bond donors (Lipinski definition) is 1. The minimum atomic E-state index is -0.915. The van der Waals surface area contributed by atoms with Crippen molar-refractivity contribution in [3.05, 3.63) is 34.9 Å². The molecule has 0 saturated carbocycles. The highest BCUT2D eigenvalue weighted by Gasteiger charge is 2.20. The molecule has 0 spiro atoms. The molecule has 110 valence electrons. The van der Waals surface area contributed by atoms with Crippen molar-refractivity contribution >= 4 is 23.6 Å². The van der Waals surface area contributed by atoms with Crippen LogP contribution in [-0.4, -0.2) is 47.5 Å². The number of carbonyl (C=O) groups excluding carboxylic acids is 1. The molecule has 1 aromatic rings. The van der Waals surface area contributed by atoms with Crippen LogP contribution in [0.25, 0.3) is 0 Å². The van der Waals surface area contributed by atoms with Crippen LogP contribution in [0.15, 0.2) is 24.3 Å². The van der Waals surface area contributed by atoms with Gasteiger partial charge in [-0.15, -0.1) is 0 Å². The Morgan fingerprint density at radius 1 is 1.30 bits per heavy atom. The fourth-order valence-electron chi connectivity index (χ4n) is 1.84. The van der Waals surface area contributed by atoms with Gasteiger partial charge in [0.15, 0.2) is 0 Å². The van der Waals surface area contributed by atoms with Crippen molar-refractivity contribution in [2.45, 2.75) is 13.5 Å². The van der Waals surface area contributed by atoms with Crippen LogP contribution in [0, 0.1) is 5.92 Å². The molecule has 2 amide bonds. The maximum atomic E-state index is 12.1. The molecule has 0 aliphatic heterocycles. The molecule has 0 aromatic heterocycles. The Bertz CT molecular complexity index is 493. The summed E-state index contributed by atoms with van der Waals surface area (Å²) in [5, 5.41) is 9.47. The lowest BCUT2D eigenvalue weighted by molar-refractivity contribution is -0.141. The molecule has 5 nitrogen and oxygen atoms in total. The summed E-state index contributed by atoms with van der Waals surface area (Å²) in [6.07, 6.45) is 0. The van der Waals surface area contributed by atoms with Crippen LogP contribution in [0.1, 0.15) is 12.5 Å². The Morgan fingerprint density at radius 2 is 1.95 bits per heavy atom. The van der Waals surface area contributed by atoms with Crippen LogP contribution in [0.4, 0.5) is 4.79 Å². The van der Waals surface area contributed by atoms with Gasteiger partial charge in [0.25, 0.3) is 0 Å². The number of aliphatic carboxylic acids is 1. The predicted octanol–water partition coefficient (Wildman–Crippen LogP) is 2.54. The number of carboxylic acids is 1. The maximum absolute atomic E-state index is 12.1. The highest BCUT2D eigenvalue weighted by molar-refractivity contribution is 6.30. The molecule has 0 bridgehead atoms. The van der Waals surface area contributed by atoms with Crippen LogP contribution in [0.2, 0.25) is 5.02 Å². The average Bonchev–Trinajstić information content (AvgIpc) is 2.37. The van der Waals surface area contributed by atoms with Crippen molar-refractivity contribution in [3.63, 3.8) is 0 Å². The zero-order valence-electron chi connectivity index (χ0n) is 11.8. The SMILES string of the molecule is CC(CN(C)C(=O)N(C)Cc1cccc(Cl)c1)C(=O)O. The molecule has 20 heavy (non-hydrogen) atoms. The van der Waals surface area contributed by atoms with E-state index in [0.717, 1.165) is 5.56 Å². The van der Waals surface area contributed by atoms with Gasteiger partial charge in [-0.25, -0.2) is 4.79 Å². The zero-order chi connectivity index (χ0) is 15.3. The summed E-state index contributed by atoms with van der Waals surface area (Å²) in [4.78, 5) is 25.8. The van der Waals surface area contributed by atoms with E-state index in [1.165, 1.54) is 9.80 Å². The van der Waals surface area contributed by atoms with E-state index in [-0.39, 0.29) is 12.6 Å². The van der Waals surface area contributed by atoms with Crippen molar-refractivity contribution in [2.24, 2.45) is 5.92 Å². The van der Waals surface area contributed by atoms with Crippen LogP contribution < -0.4 is 0 Å². The molecule has 0 aliphatic carbocycles. The van der Waals surface area contributed by atoms with Gasteiger partial charge in [-0.05, 0) is 17.7 Å². The number of halogens is 1. The Morgan fingerprint density at radius 3 is 2.50 bits per heavy atom. The lowest BCUT2D eigenvalue weighted by Gasteiger charge is -2.26. The average molecular weight is 299 g/mol. The van der Waals surface area contributed by atoms with E-state index < -0.39 is 11.9 Å². The molecule has 1 N–H and O–H groups in total. The molecule has 1 unspecified atom stereocenters. The molecule has 0 radical (unpaired) electrons. The number of carboxylic acid groups (broad SMARTS) is 1. The molecular weight excluding hydrogens is 280 g/mol. The highest BCUT2D eigenvalue weighted by atomic mass is 35.5. The fourth-order valence-corrected chi connectivity index (χ4v) is 2.05. The summed E-state index contributed by atoms with van der Waals surface area (Å²) < 4.78 is 0. The lowest BCUT2D eigenvalue weighted by Crippen LogP contribution is -2.41. The quantitative estimate of drug-likeness (QED) is 0.909. The fraction of sp³-hybridized carbons (Fsp3) is 0.429. The molecule has 0 fully saturated rings. The molecule has 0 saturated heterocycles. The Balaban J connectivity index is 2.60. The third-order valence-corrected chi connectivity index (χ3v) is 3.17. The van der Waals surface area contributed by atoms with E-state index in [2.05, 4.69) is 0 Å². The van der Waals surface area contributed by atoms with Crippen molar-refractivity contribution in [1.29, 1.82) is 0 Å². The standard InChI is InChI=1S/C14H19ClN2O3/c1-10(13(18)19)8-16(2)14(20)17(3)9-11-5-4-6-12(15)7-11/h4-7,10H,8-9H2,1-3H3,(H,18,19). The number of hydrogen-bond acceptors (Lipinski definition) is 2. The first-order valence-corrected chi connectivity index (χ1v) is 6.62. The summed E-state index contributed by atoms with van der Waals surface area (Å²) in [7, 11) is 3.27. The minimum Gasteiger partial charge on any atom is -0.481 e. The third-order valence-electron chi connectivity index (χ3n) is 2.93. The summed E-state index contributed by atoms with van der Waals surface area (Å²) in [6, 6.07) is 7.05. The second-order valence-corrected chi connectivity index (χ2v) is 5.32. The van der Waals surface area contributed by atoms with Gasteiger partial charge in [-0.2, -0.15) is 0 Å². The lowest BCUT2D eigenvalue weighted by atomic mass is 10.2. The largest absolute Gasteiger partial charge is 0.481 e. The van der Waals surface area contributed by atoms with Gasteiger partial charge < -0.3 is 14.9 Å². The Hall–Kier alpha value is -1.75. The van der Waals surface area contributed by atoms with Crippen LogP contribution in [0.3, 0.4) is 0 Å². The van der Waals surface area contributed by atoms with Crippen LogP contribution in [0.5, 0.6) is 0 Å². The molecule has 0 aliphatic rings. The van der Waals surface area contributed by atoms with Crippen LogP contribution in [-0.2, 0) is 11.3 Å². The topological polar surface area (TPSA) is 60.9 Å². The zero-order valence-corrected chi connectivity index (χ0v) is 12.6. The molecule has 1 rings (SSSR count). The number of carbonyl (C=O) groups is 2. The van der Waals surface area contributed by atoms with Crippen LogP contribution >= 0.6 is 11.6 Å². The van der Waals surface area contributed by atoms with Gasteiger partial charge in [0.05, 0.1) is 5.92 Å². The van der Waals surface area contributed by atoms with E-state index in [1.807, 2.05) is 12.1 Å². The first-order chi connectivity index (χ1) is 9.31. The van der Waals surface area contributed by atoms with Crippen molar-refractivity contribution in [1.82, 2.24) is 9.80 Å². The monoisotopic (exact) mass is 298 g/mol. The predicted molar refractivity (Wildman–Crippen MR) is 77.7 cm³/mol. The molecule has 6 heteroatoms. The van der Waals surface area contributed by atoms with Crippen molar-refractivity contribution < 1.29 is 14.7 Å². The molecule has 1 aromatic carbocycles. The maximum Gasteiger partial charge on any atom is 0.319 e. The third kappa shape index (κ3) is 4.74. The second-order valence-electron chi connectivity index (χ2n) is 4.89. The smallest absolute Gasteiger partial charge is 0.319 e.